The molecule has 0 atom stereocenters. The minimum Gasteiger partial charge on any atom is -0.327 e. The Labute approximate surface area is 120 Å². The number of hydrogen-bond acceptors (Lipinski definition) is 4. The first-order chi connectivity index (χ1) is 9.58. The van der Waals surface area contributed by atoms with E-state index in [-0.39, 0.29) is 11.2 Å². The first-order valence-corrected chi connectivity index (χ1v) is 7.78. The van der Waals surface area contributed by atoms with E-state index in [1.165, 1.54) is 43.7 Å². The van der Waals surface area contributed by atoms with Crippen molar-refractivity contribution in [2.75, 3.05) is 0 Å². The van der Waals surface area contributed by atoms with Crippen molar-refractivity contribution in [3.05, 3.63) is 20.8 Å². The number of hydrogen-bond donors (Lipinski definition) is 1. The molecule has 0 bridgehead atoms. The van der Waals surface area contributed by atoms with Crippen LogP contribution in [-0.4, -0.2) is 24.4 Å². The molecule has 3 rings (SSSR count). The fraction of sp³-hybridized carbons (Fsp3) is 0.615. The van der Waals surface area contributed by atoms with Crippen molar-refractivity contribution in [3.8, 4) is 0 Å². The normalized spacial score (nSPS) is 16.9. The summed E-state index contributed by atoms with van der Waals surface area (Å²) in [5, 5.41) is 1.30. The number of aromatic nitrogens is 4. The average Bonchev–Trinajstić information content (AvgIpc) is 2.88. The van der Waals surface area contributed by atoms with Crippen LogP contribution in [0.3, 0.4) is 0 Å². The second-order valence-electron chi connectivity index (χ2n) is 5.32. The number of aromatic amines is 1. The van der Waals surface area contributed by atoms with E-state index in [1.54, 1.807) is 18.8 Å². The number of rotatable bonds is 2. The highest BCUT2D eigenvalue weighted by atomic mass is 32.2. The summed E-state index contributed by atoms with van der Waals surface area (Å²) in [6, 6.07) is 0. The van der Waals surface area contributed by atoms with Crippen LogP contribution in [0.15, 0.2) is 14.7 Å². The molecule has 0 aliphatic heterocycles. The number of nitrogens with zero attached hydrogens (tertiary/aromatic N) is 3. The van der Waals surface area contributed by atoms with Gasteiger partial charge in [0, 0.05) is 19.3 Å². The highest BCUT2D eigenvalue weighted by molar-refractivity contribution is 7.99. The second-order valence-corrected chi connectivity index (χ2v) is 6.61. The van der Waals surface area contributed by atoms with Crippen molar-refractivity contribution in [1.29, 1.82) is 0 Å². The van der Waals surface area contributed by atoms with Crippen molar-refractivity contribution < 1.29 is 0 Å². The van der Waals surface area contributed by atoms with Gasteiger partial charge >= 0.3 is 5.69 Å². The first-order valence-electron chi connectivity index (χ1n) is 6.90. The summed E-state index contributed by atoms with van der Waals surface area (Å²) in [6.07, 6.45) is 6.22. The molecule has 1 saturated carbocycles. The number of fused-ring (bicyclic) bond motifs is 1. The lowest BCUT2D eigenvalue weighted by Gasteiger charge is -2.19. The van der Waals surface area contributed by atoms with Crippen molar-refractivity contribution in [1.82, 2.24) is 19.1 Å². The van der Waals surface area contributed by atoms with Gasteiger partial charge in [-0.1, -0.05) is 31.0 Å². The van der Waals surface area contributed by atoms with E-state index >= 15 is 0 Å². The van der Waals surface area contributed by atoms with Crippen LogP contribution in [0.1, 0.15) is 32.1 Å². The molecule has 2 heterocycles. The van der Waals surface area contributed by atoms with Gasteiger partial charge in [-0.05, 0) is 12.8 Å². The van der Waals surface area contributed by atoms with Crippen LogP contribution in [0.4, 0.5) is 0 Å². The third-order valence-corrected chi connectivity index (χ3v) is 5.12. The molecule has 0 saturated heterocycles. The highest BCUT2D eigenvalue weighted by Gasteiger charge is 2.18. The van der Waals surface area contributed by atoms with E-state index in [2.05, 4.69) is 9.97 Å². The Balaban J connectivity index is 2.02. The van der Waals surface area contributed by atoms with Crippen LogP contribution in [0.25, 0.3) is 11.2 Å². The monoisotopic (exact) mass is 294 g/mol. The van der Waals surface area contributed by atoms with E-state index in [0.717, 1.165) is 9.72 Å². The quantitative estimate of drug-likeness (QED) is 0.908. The van der Waals surface area contributed by atoms with Gasteiger partial charge in [-0.15, -0.1) is 0 Å². The van der Waals surface area contributed by atoms with E-state index < -0.39 is 0 Å². The van der Waals surface area contributed by atoms with Crippen molar-refractivity contribution in [3.63, 3.8) is 0 Å². The molecule has 1 N–H and O–H groups in total. The maximum atomic E-state index is 12.1. The van der Waals surface area contributed by atoms with Crippen molar-refractivity contribution in [2.45, 2.75) is 42.5 Å². The number of thioether (sulfide) groups is 1. The largest absolute Gasteiger partial charge is 0.332 e. The third-order valence-electron chi connectivity index (χ3n) is 3.90. The van der Waals surface area contributed by atoms with E-state index in [1.807, 2.05) is 0 Å². The summed E-state index contributed by atoms with van der Waals surface area (Å²) in [7, 11) is 3.12. The molecule has 1 aliphatic carbocycles. The fourth-order valence-corrected chi connectivity index (χ4v) is 3.89. The lowest BCUT2D eigenvalue weighted by Crippen LogP contribution is -2.36. The van der Waals surface area contributed by atoms with Gasteiger partial charge in [0.2, 0.25) is 0 Å². The Morgan fingerprint density at radius 1 is 1.15 bits per heavy atom. The first kappa shape index (κ1) is 13.5. The van der Waals surface area contributed by atoms with Gasteiger partial charge in [0.1, 0.15) is 0 Å². The third kappa shape index (κ3) is 2.19. The van der Waals surface area contributed by atoms with Gasteiger partial charge in [0.15, 0.2) is 16.3 Å². The lowest BCUT2D eigenvalue weighted by atomic mass is 10.0. The Bertz CT molecular complexity index is 752. The molecule has 2 aromatic heterocycles. The summed E-state index contributed by atoms with van der Waals surface area (Å²) >= 11 is 1.69. The zero-order chi connectivity index (χ0) is 14.3. The molecule has 0 radical (unpaired) electrons. The summed E-state index contributed by atoms with van der Waals surface area (Å²) in [6.45, 7) is 0. The molecule has 6 nitrogen and oxygen atoms in total. The predicted molar refractivity (Wildman–Crippen MR) is 79.3 cm³/mol. The predicted octanol–water partition coefficient (Wildman–Crippen LogP) is 1.39. The van der Waals surface area contributed by atoms with Crippen LogP contribution in [0, 0.1) is 0 Å². The maximum Gasteiger partial charge on any atom is 0.332 e. The SMILES string of the molecule is Cn1c(=O)c2[nH]c(SC3CCCCC3)nc2n(C)c1=O. The topological polar surface area (TPSA) is 72.7 Å². The smallest absolute Gasteiger partial charge is 0.327 e. The molecule has 0 spiro atoms. The van der Waals surface area contributed by atoms with Gasteiger partial charge in [-0.2, -0.15) is 0 Å². The second kappa shape index (κ2) is 5.12. The Kier molecular flexibility index (Phi) is 3.45. The summed E-state index contributed by atoms with van der Waals surface area (Å²) in [5.41, 5.74) is 0.193. The zero-order valence-corrected chi connectivity index (χ0v) is 12.5. The molecular weight excluding hydrogens is 276 g/mol. The van der Waals surface area contributed by atoms with Crippen LogP contribution < -0.4 is 11.2 Å². The van der Waals surface area contributed by atoms with Crippen molar-refractivity contribution >= 4 is 22.9 Å². The molecule has 20 heavy (non-hydrogen) atoms. The molecule has 0 aromatic carbocycles. The molecule has 0 unspecified atom stereocenters. The summed E-state index contributed by atoms with van der Waals surface area (Å²) in [5.74, 6) is 0. The molecule has 1 aliphatic rings. The number of H-pyrrole nitrogens is 1. The average molecular weight is 294 g/mol. The summed E-state index contributed by atoms with van der Waals surface area (Å²) in [4.78, 5) is 31.4. The Hall–Kier alpha value is -1.50. The molecule has 7 heteroatoms. The lowest BCUT2D eigenvalue weighted by molar-refractivity contribution is 0.515. The molecule has 1 fully saturated rings. The molecular formula is C13H18N4O2S. The number of aryl methyl sites for hydroxylation is 1. The van der Waals surface area contributed by atoms with E-state index in [0.29, 0.717) is 16.4 Å². The van der Waals surface area contributed by atoms with Crippen LogP contribution in [0.5, 0.6) is 0 Å². The van der Waals surface area contributed by atoms with Gasteiger partial charge < -0.3 is 4.98 Å². The van der Waals surface area contributed by atoms with Gasteiger partial charge in [-0.3, -0.25) is 13.9 Å². The van der Waals surface area contributed by atoms with E-state index in [9.17, 15) is 9.59 Å². The van der Waals surface area contributed by atoms with Crippen LogP contribution >= 0.6 is 11.8 Å². The van der Waals surface area contributed by atoms with Gasteiger partial charge in [0.25, 0.3) is 5.56 Å². The Morgan fingerprint density at radius 2 is 1.85 bits per heavy atom. The van der Waals surface area contributed by atoms with Gasteiger partial charge in [0.05, 0.1) is 0 Å². The van der Waals surface area contributed by atoms with Crippen molar-refractivity contribution in [2.24, 2.45) is 14.1 Å². The standard InChI is InChI=1S/C13H18N4O2S/c1-16-10-9(11(18)17(2)13(16)19)14-12(15-10)20-8-6-4-3-5-7-8/h8H,3-7H2,1-2H3,(H,14,15). The minimum absolute atomic E-state index is 0.314. The fourth-order valence-electron chi connectivity index (χ4n) is 2.70. The maximum absolute atomic E-state index is 12.1. The Morgan fingerprint density at radius 3 is 2.55 bits per heavy atom. The van der Waals surface area contributed by atoms with Gasteiger partial charge in [-0.25, -0.2) is 9.78 Å². The summed E-state index contributed by atoms with van der Waals surface area (Å²) < 4.78 is 2.52. The minimum atomic E-state index is -0.344. The molecule has 2 aromatic rings. The molecule has 108 valence electrons. The highest BCUT2D eigenvalue weighted by Crippen LogP contribution is 2.32. The van der Waals surface area contributed by atoms with Crippen LogP contribution in [0.2, 0.25) is 0 Å². The van der Waals surface area contributed by atoms with Crippen LogP contribution in [-0.2, 0) is 14.1 Å². The number of nitrogens with one attached hydrogen (secondary N) is 1. The molecule has 0 amide bonds. The zero-order valence-electron chi connectivity index (χ0n) is 11.7. The van der Waals surface area contributed by atoms with E-state index in [4.69, 9.17) is 0 Å². The number of imidazole rings is 1.